The summed E-state index contributed by atoms with van der Waals surface area (Å²) in [5, 5.41) is 0. The molecule has 0 aromatic heterocycles. The van der Waals surface area contributed by atoms with Gasteiger partial charge >= 0.3 is 0 Å². The molecule has 0 saturated heterocycles. The molecule has 21 heavy (non-hydrogen) atoms. The van der Waals surface area contributed by atoms with Gasteiger partial charge in [0.25, 0.3) is 0 Å². The summed E-state index contributed by atoms with van der Waals surface area (Å²) in [5.74, 6) is 2.51. The lowest BCUT2D eigenvalue weighted by Gasteiger charge is -2.31. The molecule has 3 heteroatoms. The zero-order valence-electron chi connectivity index (χ0n) is 13.4. The van der Waals surface area contributed by atoms with Crippen LogP contribution in [0.4, 0.5) is 0 Å². The lowest BCUT2D eigenvalue weighted by molar-refractivity contribution is -0.00320. The van der Waals surface area contributed by atoms with Crippen molar-refractivity contribution in [2.45, 2.75) is 52.2 Å². The molecule has 1 aromatic rings. The van der Waals surface area contributed by atoms with Crippen molar-refractivity contribution in [2.24, 2.45) is 17.6 Å². The molecule has 0 aliphatic heterocycles. The van der Waals surface area contributed by atoms with E-state index in [4.69, 9.17) is 15.2 Å². The Kier molecular flexibility index (Phi) is 6.52. The van der Waals surface area contributed by atoms with Crippen LogP contribution in [0.5, 0.6) is 5.75 Å². The van der Waals surface area contributed by atoms with Crippen LogP contribution in [0.2, 0.25) is 0 Å². The quantitative estimate of drug-likeness (QED) is 0.778. The second-order valence-corrected chi connectivity index (χ2v) is 6.46. The van der Waals surface area contributed by atoms with Gasteiger partial charge in [-0.1, -0.05) is 26.0 Å². The fraction of sp³-hybridized carbons (Fsp3) is 0.667. The zero-order chi connectivity index (χ0) is 15.1. The highest BCUT2D eigenvalue weighted by molar-refractivity contribution is 5.26. The van der Waals surface area contributed by atoms with Gasteiger partial charge in [-0.05, 0) is 48.8 Å². The minimum absolute atomic E-state index is 0.451. The first-order chi connectivity index (χ1) is 10.2. The van der Waals surface area contributed by atoms with Crippen LogP contribution in [0.3, 0.4) is 0 Å². The molecule has 0 radical (unpaired) electrons. The van der Waals surface area contributed by atoms with Crippen LogP contribution in [0.15, 0.2) is 24.3 Å². The van der Waals surface area contributed by atoms with E-state index in [1.807, 2.05) is 24.3 Å². The van der Waals surface area contributed by atoms with Gasteiger partial charge in [0.2, 0.25) is 0 Å². The monoisotopic (exact) mass is 291 g/mol. The topological polar surface area (TPSA) is 44.5 Å². The third kappa shape index (κ3) is 5.68. The molecule has 2 unspecified atom stereocenters. The summed E-state index contributed by atoms with van der Waals surface area (Å²) in [6.45, 7) is 6.75. The molecule has 0 heterocycles. The average molecular weight is 291 g/mol. The zero-order valence-corrected chi connectivity index (χ0v) is 13.4. The molecule has 0 amide bonds. The van der Waals surface area contributed by atoms with E-state index in [9.17, 15) is 0 Å². The second kappa shape index (κ2) is 8.40. The van der Waals surface area contributed by atoms with Crippen LogP contribution < -0.4 is 10.5 Å². The maximum absolute atomic E-state index is 6.00. The SMILES string of the molecule is CC1CC(C)CC(OCCCOc2ccc(CN)cc2)C1. The molecule has 0 spiro atoms. The van der Waals surface area contributed by atoms with Crippen molar-refractivity contribution in [3.05, 3.63) is 29.8 Å². The van der Waals surface area contributed by atoms with Crippen LogP contribution >= 0.6 is 0 Å². The van der Waals surface area contributed by atoms with Gasteiger partial charge in [-0.15, -0.1) is 0 Å². The summed E-state index contributed by atoms with van der Waals surface area (Å²) in [6, 6.07) is 7.98. The smallest absolute Gasteiger partial charge is 0.119 e. The normalized spacial score (nSPS) is 25.8. The highest BCUT2D eigenvalue weighted by Gasteiger charge is 2.24. The van der Waals surface area contributed by atoms with Crippen LogP contribution in [-0.2, 0) is 11.3 Å². The molecule has 118 valence electrons. The van der Waals surface area contributed by atoms with Gasteiger partial charge in [0, 0.05) is 13.0 Å². The summed E-state index contributed by atoms with van der Waals surface area (Å²) < 4.78 is 11.7. The molecule has 1 aliphatic rings. The van der Waals surface area contributed by atoms with Gasteiger partial charge in [0.15, 0.2) is 0 Å². The summed E-state index contributed by atoms with van der Waals surface area (Å²) in [7, 11) is 0. The Morgan fingerprint density at radius 1 is 1.00 bits per heavy atom. The number of ether oxygens (including phenoxy) is 2. The Balaban J connectivity index is 1.59. The van der Waals surface area contributed by atoms with E-state index in [1.165, 1.54) is 19.3 Å². The van der Waals surface area contributed by atoms with Crippen molar-refractivity contribution < 1.29 is 9.47 Å². The van der Waals surface area contributed by atoms with Crippen LogP contribution in [0.25, 0.3) is 0 Å². The first-order valence-corrected chi connectivity index (χ1v) is 8.20. The second-order valence-electron chi connectivity index (χ2n) is 6.46. The minimum Gasteiger partial charge on any atom is -0.494 e. The number of rotatable bonds is 7. The average Bonchev–Trinajstić information content (AvgIpc) is 2.46. The van der Waals surface area contributed by atoms with Crippen molar-refractivity contribution in [1.82, 2.24) is 0 Å². The van der Waals surface area contributed by atoms with Gasteiger partial charge in [0.1, 0.15) is 5.75 Å². The molecule has 2 rings (SSSR count). The number of hydrogen-bond donors (Lipinski definition) is 1. The Morgan fingerprint density at radius 2 is 1.67 bits per heavy atom. The molecule has 0 bridgehead atoms. The third-order valence-electron chi connectivity index (χ3n) is 4.21. The third-order valence-corrected chi connectivity index (χ3v) is 4.21. The minimum atomic E-state index is 0.451. The lowest BCUT2D eigenvalue weighted by Crippen LogP contribution is -2.26. The fourth-order valence-corrected chi connectivity index (χ4v) is 3.23. The maximum atomic E-state index is 6.00. The maximum Gasteiger partial charge on any atom is 0.119 e. The molecule has 1 saturated carbocycles. The van der Waals surface area contributed by atoms with Crippen molar-refractivity contribution >= 4 is 0 Å². The van der Waals surface area contributed by atoms with Crippen LogP contribution in [0.1, 0.15) is 45.1 Å². The molecular weight excluding hydrogens is 262 g/mol. The van der Waals surface area contributed by atoms with Crippen molar-refractivity contribution in [1.29, 1.82) is 0 Å². The van der Waals surface area contributed by atoms with Gasteiger partial charge in [0.05, 0.1) is 19.3 Å². The van der Waals surface area contributed by atoms with Gasteiger partial charge in [-0.25, -0.2) is 0 Å². The first kappa shape index (κ1) is 16.3. The van der Waals surface area contributed by atoms with Crippen LogP contribution in [0, 0.1) is 11.8 Å². The first-order valence-electron chi connectivity index (χ1n) is 8.20. The molecule has 3 nitrogen and oxygen atoms in total. The van der Waals surface area contributed by atoms with E-state index < -0.39 is 0 Å². The highest BCUT2D eigenvalue weighted by Crippen LogP contribution is 2.30. The lowest BCUT2D eigenvalue weighted by atomic mass is 9.82. The molecule has 1 fully saturated rings. The Hall–Kier alpha value is -1.06. The summed E-state index contributed by atoms with van der Waals surface area (Å²) in [5.41, 5.74) is 6.70. The molecule has 1 aromatic carbocycles. The van der Waals surface area contributed by atoms with E-state index in [1.54, 1.807) is 0 Å². The predicted octanol–water partition coefficient (Wildman–Crippen LogP) is 3.76. The van der Waals surface area contributed by atoms with E-state index in [0.29, 0.717) is 19.3 Å². The Bertz CT molecular complexity index is 394. The highest BCUT2D eigenvalue weighted by atomic mass is 16.5. The molecule has 2 N–H and O–H groups in total. The summed E-state index contributed by atoms with van der Waals surface area (Å²) in [6.07, 6.45) is 5.17. The number of benzene rings is 1. The van der Waals surface area contributed by atoms with E-state index in [0.717, 1.165) is 36.2 Å². The van der Waals surface area contributed by atoms with E-state index in [2.05, 4.69) is 13.8 Å². The van der Waals surface area contributed by atoms with Crippen molar-refractivity contribution in [3.63, 3.8) is 0 Å². The predicted molar refractivity (Wildman–Crippen MR) is 86.4 cm³/mol. The van der Waals surface area contributed by atoms with Crippen LogP contribution in [-0.4, -0.2) is 19.3 Å². The standard InChI is InChI=1S/C18H29NO2/c1-14-10-15(2)12-18(11-14)21-9-3-8-20-17-6-4-16(13-19)5-7-17/h4-7,14-15,18H,3,8-13,19H2,1-2H3. The summed E-state index contributed by atoms with van der Waals surface area (Å²) >= 11 is 0. The molecule has 2 atom stereocenters. The van der Waals surface area contributed by atoms with Gasteiger partial charge in [-0.2, -0.15) is 0 Å². The Morgan fingerprint density at radius 3 is 2.29 bits per heavy atom. The van der Waals surface area contributed by atoms with E-state index >= 15 is 0 Å². The van der Waals surface area contributed by atoms with Gasteiger partial charge < -0.3 is 15.2 Å². The number of hydrogen-bond acceptors (Lipinski definition) is 3. The van der Waals surface area contributed by atoms with E-state index in [-0.39, 0.29) is 0 Å². The van der Waals surface area contributed by atoms with Gasteiger partial charge in [-0.3, -0.25) is 0 Å². The molecular formula is C18H29NO2. The largest absolute Gasteiger partial charge is 0.494 e. The fourth-order valence-electron chi connectivity index (χ4n) is 3.23. The van der Waals surface area contributed by atoms with Crippen molar-refractivity contribution in [2.75, 3.05) is 13.2 Å². The molecule has 1 aliphatic carbocycles. The number of nitrogens with two attached hydrogens (primary N) is 1. The summed E-state index contributed by atoms with van der Waals surface area (Å²) in [4.78, 5) is 0. The Labute approximate surface area is 128 Å². The van der Waals surface area contributed by atoms with Crippen molar-refractivity contribution in [3.8, 4) is 5.75 Å².